The minimum Gasteiger partial charge on any atom is -0.455 e. The van der Waals surface area contributed by atoms with E-state index in [0.29, 0.717) is 16.3 Å². The molecule has 10 rings (SSSR count). The van der Waals surface area contributed by atoms with Crippen LogP contribution in [0.2, 0.25) is 0 Å². The predicted octanol–water partition coefficient (Wildman–Crippen LogP) is 13.2. The summed E-state index contributed by atoms with van der Waals surface area (Å²) in [5.74, 6) is 0. The number of fused-ring (bicyclic) bond motifs is 8. The van der Waals surface area contributed by atoms with Gasteiger partial charge in [0.15, 0.2) is 0 Å². The zero-order chi connectivity index (χ0) is 40.5. The number of hydrogen-bond acceptors (Lipinski definition) is 1. The molecule has 1 heteroatoms. The summed E-state index contributed by atoms with van der Waals surface area (Å²) in [5, 5.41) is 6.48. The van der Waals surface area contributed by atoms with Gasteiger partial charge in [0.2, 0.25) is 0 Å². The molecule has 47 heavy (non-hydrogen) atoms. The molecular formula is C46H28O. The van der Waals surface area contributed by atoms with E-state index in [9.17, 15) is 6.85 Å². The summed E-state index contributed by atoms with van der Waals surface area (Å²) in [7, 11) is 0. The van der Waals surface area contributed by atoms with Crippen LogP contribution in [0.1, 0.15) is 15.1 Å². The van der Waals surface area contributed by atoms with Crippen molar-refractivity contribution in [3.63, 3.8) is 0 Å². The topological polar surface area (TPSA) is 13.1 Å². The molecule has 10 aromatic rings. The molecule has 0 saturated heterocycles. The van der Waals surface area contributed by atoms with Gasteiger partial charge in [0, 0.05) is 16.2 Å². The van der Waals surface area contributed by atoms with Crippen molar-refractivity contribution in [1.82, 2.24) is 0 Å². The van der Waals surface area contributed by atoms with Gasteiger partial charge in [0.1, 0.15) is 11.2 Å². The Labute approximate surface area is 287 Å². The highest BCUT2D eigenvalue weighted by Gasteiger charge is 2.21. The molecule has 0 atom stereocenters. The fraction of sp³-hybridized carbons (Fsp3) is 0. The fourth-order valence-corrected chi connectivity index (χ4v) is 6.95. The van der Waals surface area contributed by atoms with Crippen LogP contribution < -0.4 is 0 Å². The highest BCUT2D eigenvalue weighted by atomic mass is 16.3. The quantitative estimate of drug-likeness (QED) is 0.182. The monoisotopic (exact) mass is 607 g/mol. The van der Waals surface area contributed by atoms with Crippen molar-refractivity contribution in [2.45, 2.75) is 0 Å². The maximum atomic E-state index is 9.65. The highest BCUT2D eigenvalue weighted by molar-refractivity contribution is 6.27. The van der Waals surface area contributed by atoms with E-state index in [-0.39, 0.29) is 28.4 Å². The molecule has 1 aromatic heterocycles. The smallest absolute Gasteiger partial charge is 0.143 e. The summed E-state index contributed by atoms with van der Waals surface area (Å²) in [6.07, 6.45) is 0. The van der Waals surface area contributed by atoms with Crippen molar-refractivity contribution in [2.75, 3.05) is 0 Å². The second-order valence-corrected chi connectivity index (χ2v) is 11.5. The van der Waals surface area contributed by atoms with E-state index in [0.717, 1.165) is 54.6 Å². The van der Waals surface area contributed by atoms with Crippen molar-refractivity contribution in [1.29, 1.82) is 0 Å². The first-order valence-electron chi connectivity index (χ1n) is 20.8. The van der Waals surface area contributed by atoms with E-state index < -0.39 is 65.5 Å². The van der Waals surface area contributed by atoms with Crippen LogP contribution in [0.15, 0.2) is 174 Å². The van der Waals surface area contributed by atoms with E-state index in [1.165, 1.54) is 0 Å². The average molecular weight is 608 g/mol. The first-order valence-corrected chi connectivity index (χ1v) is 15.3. The maximum Gasteiger partial charge on any atom is 0.143 e. The molecule has 0 radical (unpaired) electrons. The van der Waals surface area contributed by atoms with Gasteiger partial charge in [-0.3, -0.25) is 0 Å². The molecule has 0 aliphatic carbocycles. The van der Waals surface area contributed by atoms with Gasteiger partial charge in [-0.1, -0.05) is 145 Å². The lowest BCUT2D eigenvalue weighted by molar-refractivity contribution is 0.673. The molecule has 1 nitrogen and oxygen atoms in total. The third-order valence-electron chi connectivity index (χ3n) is 8.96. The minimum absolute atomic E-state index is 0.0535. The maximum absolute atomic E-state index is 9.65. The van der Waals surface area contributed by atoms with Gasteiger partial charge >= 0.3 is 0 Å². The summed E-state index contributed by atoms with van der Waals surface area (Å²) in [4.78, 5) is 0. The van der Waals surface area contributed by atoms with E-state index >= 15 is 0 Å². The predicted molar refractivity (Wildman–Crippen MR) is 200 cm³/mol. The summed E-state index contributed by atoms with van der Waals surface area (Å²) < 4.78 is 104. The van der Waals surface area contributed by atoms with Gasteiger partial charge < -0.3 is 4.42 Å². The molecule has 0 aliphatic heterocycles. The normalized spacial score (nSPS) is 15.1. The molecule has 0 bridgehead atoms. The van der Waals surface area contributed by atoms with E-state index in [1.807, 2.05) is 78.9 Å². The number of rotatable bonds is 3. The van der Waals surface area contributed by atoms with E-state index in [4.69, 9.17) is 12.6 Å². The average Bonchev–Trinajstić information content (AvgIpc) is 3.63. The number of furan rings is 1. The molecule has 0 unspecified atom stereocenters. The Kier molecular flexibility index (Phi) is 3.79. The number of hydrogen-bond donors (Lipinski definition) is 0. The Morgan fingerprint density at radius 2 is 1.02 bits per heavy atom. The van der Waals surface area contributed by atoms with Crippen LogP contribution in [0.4, 0.5) is 0 Å². The lowest BCUT2D eigenvalue weighted by Crippen LogP contribution is -1.91. The van der Waals surface area contributed by atoms with Gasteiger partial charge in [-0.25, -0.2) is 0 Å². The third kappa shape index (κ3) is 3.97. The molecule has 0 fully saturated rings. The van der Waals surface area contributed by atoms with Gasteiger partial charge in [0.25, 0.3) is 0 Å². The Bertz CT molecular complexity index is 3390. The number of benzene rings is 9. The summed E-state index contributed by atoms with van der Waals surface area (Å²) in [6, 6.07) is 27.4. The van der Waals surface area contributed by atoms with Crippen LogP contribution >= 0.6 is 0 Å². The van der Waals surface area contributed by atoms with E-state index in [2.05, 4.69) is 24.3 Å². The van der Waals surface area contributed by atoms with Crippen molar-refractivity contribution in [3.8, 4) is 33.4 Å². The Balaban J connectivity index is 1.31. The zero-order valence-corrected chi connectivity index (χ0v) is 24.7. The van der Waals surface area contributed by atoms with Crippen LogP contribution in [0.25, 0.3) is 98.4 Å². The van der Waals surface area contributed by atoms with Crippen LogP contribution in [0.3, 0.4) is 0 Å². The van der Waals surface area contributed by atoms with E-state index in [1.54, 1.807) is 0 Å². The molecule has 9 aromatic carbocycles. The molecule has 0 N–H and O–H groups in total. The summed E-state index contributed by atoms with van der Waals surface area (Å²) in [6.45, 7) is 0. The highest BCUT2D eigenvalue weighted by Crippen LogP contribution is 2.47. The Morgan fingerprint density at radius 1 is 0.404 bits per heavy atom. The molecule has 0 spiro atoms. The lowest BCUT2D eigenvalue weighted by atomic mass is 9.84. The summed E-state index contributed by atoms with van der Waals surface area (Å²) in [5.41, 5.74) is 3.01. The molecule has 0 aliphatic rings. The SMILES string of the molecule is [2H]c1c([2H])c([2H])c(-c2c([2H])c([2H])c3c([2H])c(-c4c5ccccc5c(-c5cccc6oc7c8ccccc8ccc7c56)c5ccccc45)c([2H])c([2H])c3c2[2H])c([2H])c1[2H]. The van der Waals surface area contributed by atoms with Gasteiger partial charge in [-0.15, -0.1) is 0 Å². The van der Waals surface area contributed by atoms with Crippen molar-refractivity contribution in [2.24, 2.45) is 0 Å². The lowest BCUT2D eigenvalue weighted by Gasteiger charge is -2.18. The van der Waals surface area contributed by atoms with Crippen LogP contribution in [0, 0.1) is 0 Å². The third-order valence-corrected chi connectivity index (χ3v) is 8.96. The van der Waals surface area contributed by atoms with Crippen LogP contribution in [0.5, 0.6) is 0 Å². The first-order chi connectivity index (χ1) is 27.9. The fourth-order valence-electron chi connectivity index (χ4n) is 6.95. The molecule has 218 valence electrons. The van der Waals surface area contributed by atoms with Crippen LogP contribution in [-0.2, 0) is 0 Å². The van der Waals surface area contributed by atoms with Gasteiger partial charge in [-0.2, -0.15) is 0 Å². The molecule has 0 amide bonds. The molecule has 0 saturated carbocycles. The van der Waals surface area contributed by atoms with Gasteiger partial charge in [-0.05, 0) is 95.3 Å². The van der Waals surface area contributed by atoms with Crippen LogP contribution in [-0.4, -0.2) is 0 Å². The Hall–Kier alpha value is -6.18. The second-order valence-electron chi connectivity index (χ2n) is 11.5. The van der Waals surface area contributed by atoms with Gasteiger partial charge in [0.05, 0.1) is 15.1 Å². The minimum atomic E-state index is -0.668. The first kappa shape index (κ1) is 17.5. The summed E-state index contributed by atoms with van der Waals surface area (Å²) >= 11 is 0. The van der Waals surface area contributed by atoms with Crippen molar-refractivity contribution in [3.05, 3.63) is 170 Å². The zero-order valence-electron chi connectivity index (χ0n) is 35.7. The van der Waals surface area contributed by atoms with Crippen molar-refractivity contribution < 1.29 is 19.5 Å². The second kappa shape index (κ2) is 10.2. The van der Waals surface area contributed by atoms with Crippen molar-refractivity contribution >= 4 is 65.0 Å². The molecule has 1 heterocycles. The standard InChI is InChI=1S/C46H28O/c1-2-11-29(12-3-1)31-21-22-33-28-34(24-23-32(33)27-31)43-36-15-6-8-17-38(36)44(39-18-9-7-16-37(39)43)40-19-10-20-42-45(40)41-26-25-30-13-4-5-14-35(30)46(41)47-42/h1-28H/i1D,2D,3D,11D,12D,21D,22D,23D,24D,27D,28D. The largest absolute Gasteiger partial charge is 0.455 e. The Morgan fingerprint density at radius 3 is 1.74 bits per heavy atom. The molecular weight excluding hydrogens is 569 g/mol.